The van der Waals surface area contributed by atoms with E-state index in [2.05, 4.69) is 20.9 Å². The molecule has 1 aliphatic carbocycles. The van der Waals surface area contributed by atoms with Gasteiger partial charge in [-0.3, -0.25) is 9.59 Å². The molecule has 0 atom stereocenters. The van der Waals surface area contributed by atoms with Crippen molar-refractivity contribution >= 4 is 11.8 Å². The van der Waals surface area contributed by atoms with Crippen LogP contribution in [0, 0.1) is 0 Å². The van der Waals surface area contributed by atoms with E-state index in [0.29, 0.717) is 22.8 Å². The Morgan fingerprint density at radius 2 is 1.83 bits per heavy atom. The van der Waals surface area contributed by atoms with E-state index in [1.54, 1.807) is 36.2 Å². The summed E-state index contributed by atoms with van der Waals surface area (Å²) >= 11 is 0. The van der Waals surface area contributed by atoms with Crippen molar-refractivity contribution in [2.45, 2.75) is 57.7 Å². The van der Waals surface area contributed by atoms with Gasteiger partial charge in [0.15, 0.2) is 5.69 Å². The third-order valence-corrected chi connectivity index (χ3v) is 5.22. The number of carbonyl (C=O) groups is 2. The van der Waals surface area contributed by atoms with Crippen molar-refractivity contribution in [1.82, 2.24) is 25.6 Å². The molecule has 0 bridgehead atoms. The summed E-state index contributed by atoms with van der Waals surface area (Å²) in [6, 6.07) is 5.44. The number of nitrogens with zero attached hydrogens (tertiary/aromatic N) is 3. The van der Waals surface area contributed by atoms with Gasteiger partial charge in [0.2, 0.25) is 0 Å². The fourth-order valence-corrected chi connectivity index (χ4v) is 3.63. The molecular formula is C21H29N5O4. The molecule has 2 aromatic rings. The third-order valence-electron chi connectivity index (χ3n) is 5.22. The van der Waals surface area contributed by atoms with E-state index in [1.807, 2.05) is 13.8 Å². The van der Waals surface area contributed by atoms with E-state index in [9.17, 15) is 9.59 Å². The molecular weight excluding hydrogens is 386 g/mol. The summed E-state index contributed by atoms with van der Waals surface area (Å²) in [5.74, 6) is 0.741. The van der Waals surface area contributed by atoms with Gasteiger partial charge in [0.25, 0.3) is 11.8 Å². The van der Waals surface area contributed by atoms with Crippen LogP contribution in [0.15, 0.2) is 24.4 Å². The molecule has 0 unspecified atom stereocenters. The summed E-state index contributed by atoms with van der Waals surface area (Å²) in [7, 11) is 3.10. The number of carbonyl (C=O) groups excluding carboxylic acids is 2. The highest BCUT2D eigenvalue weighted by Crippen LogP contribution is 2.29. The molecule has 30 heavy (non-hydrogen) atoms. The molecule has 162 valence electrons. The van der Waals surface area contributed by atoms with Crippen LogP contribution in [0.5, 0.6) is 11.5 Å². The Kier molecular flexibility index (Phi) is 6.91. The predicted octanol–water partition coefficient (Wildman–Crippen LogP) is 2.35. The van der Waals surface area contributed by atoms with Gasteiger partial charge in [0, 0.05) is 18.2 Å². The second-order valence-electron chi connectivity index (χ2n) is 7.76. The number of aromatic nitrogens is 3. The van der Waals surface area contributed by atoms with Crippen LogP contribution in [0.25, 0.3) is 0 Å². The molecule has 1 heterocycles. The number of hydrogen-bond donors (Lipinski definition) is 2. The van der Waals surface area contributed by atoms with Gasteiger partial charge in [-0.15, -0.1) is 5.10 Å². The maximum Gasteiger partial charge on any atom is 0.273 e. The molecule has 9 nitrogen and oxygen atoms in total. The molecule has 1 aromatic carbocycles. The first-order chi connectivity index (χ1) is 14.4. The van der Waals surface area contributed by atoms with Crippen LogP contribution in [-0.4, -0.2) is 53.1 Å². The normalized spacial score (nSPS) is 18.7. The van der Waals surface area contributed by atoms with Crippen LogP contribution in [0.3, 0.4) is 0 Å². The van der Waals surface area contributed by atoms with Crippen molar-refractivity contribution in [3.63, 3.8) is 0 Å². The molecule has 2 amide bonds. The maximum absolute atomic E-state index is 12.7. The van der Waals surface area contributed by atoms with E-state index in [-0.39, 0.29) is 29.9 Å². The van der Waals surface area contributed by atoms with Crippen LogP contribution < -0.4 is 20.1 Å². The summed E-state index contributed by atoms with van der Waals surface area (Å²) in [6.07, 6.45) is 5.03. The van der Waals surface area contributed by atoms with E-state index in [4.69, 9.17) is 9.47 Å². The van der Waals surface area contributed by atoms with Crippen molar-refractivity contribution in [3.8, 4) is 11.5 Å². The standard InChI is InChI=1S/C21H29N5O4/c1-13(2)22-21(28)18-12-26(25-24-18)15-7-5-14(6-8-15)23-20(27)17-10-9-16(29-3)11-19(17)30-4/h9-15H,5-8H2,1-4H3,(H,22,28)(H,23,27). The molecule has 1 aliphatic rings. The molecule has 0 aliphatic heterocycles. The van der Waals surface area contributed by atoms with Crippen molar-refractivity contribution in [2.24, 2.45) is 0 Å². The lowest BCUT2D eigenvalue weighted by molar-refractivity contribution is 0.0914. The lowest BCUT2D eigenvalue weighted by Gasteiger charge is -2.29. The average Bonchev–Trinajstić information content (AvgIpc) is 3.23. The molecule has 9 heteroatoms. The quantitative estimate of drug-likeness (QED) is 0.719. The fourth-order valence-electron chi connectivity index (χ4n) is 3.63. The second kappa shape index (κ2) is 9.60. The first kappa shape index (κ1) is 21.6. The van der Waals surface area contributed by atoms with Gasteiger partial charge in [0.05, 0.1) is 32.0 Å². The molecule has 3 rings (SSSR count). The number of rotatable bonds is 7. The summed E-state index contributed by atoms with van der Waals surface area (Å²) in [5.41, 5.74) is 0.809. The minimum absolute atomic E-state index is 0.0472. The Hall–Kier alpha value is -3.10. The lowest BCUT2D eigenvalue weighted by Crippen LogP contribution is -2.38. The van der Waals surface area contributed by atoms with Crippen molar-refractivity contribution in [3.05, 3.63) is 35.7 Å². The number of nitrogens with one attached hydrogen (secondary N) is 2. The highest BCUT2D eigenvalue weighted by atomic mass is 16.5. The Balaban J connectivity index is 1.55. The predicted molar refractivity (Wildman–Crippen MR) is 111 cm³/mol. The van der Waals surface area contributed by atoms with Crippen LogP contribution in [0.2, 0.25) is 0 Å². The highest BCUT2D eigenvalue weighted by Gasteiger charge is 2.26. The number of benzene rings is 1. The molecule has 1 fully saturated rings. The van der Waals surface area contributed by atoms with Crippen LogP contribution in [0.1, 0.15) is 66.4 Å². The van der Waals surface area contributed by atoms with Gasteiger partial charge in [-0.2, -0.15) is 0 Å². The van der Waals surface area contributed by atoms with Gasteiger partial charge in [-0.25, -0.2) is 4.68 Å². The van der Waals surface area contributed by atoms with E-state index in [1.165, 1.54) is 7.11 Å². The first-order valence-electron chi connectivity index (χ1n) is 10.2. The van der Waals surface area contributed by atoms with Crippen LogP contribution in [-0.2, 0) is 0 Å². The molecule has 0 saturated heterocycles. The summed E-state index contributed by atoms with van der Waals surface area (Å²) in [5, 5.41) is 14.0. The molecule has 0 spiro atoms. The maximum atomic E-state index is 12.7. The molecule has 1 saturated carbocycles. The summed E-state index contributed by atoms with van der Waals surface area (Å²) in [4.78, 5) is 24.8. The second-order valence-corrected chi connectivity index (χ2v) is 7.76. The van der Waals surface area contributed by atoms with E-state index >= 15 is 0 Å². The monoisotopic (exact) mass is 415 g/mol. The first-order valence-corrected chi connectivity index (χ1v) is 10.2. The minimum atomic E-state index is -0.217. The molecule has 0 radical (unpaired) electrons. The van der Waals surface area contributed by atoms with Gasteiger partial charge >= 0.3 is 0 Å². The smallest absolute Gasteiger partial charge is 0.273 e. The lowest BCUT2D eigenvalue weighted by atomic mass is 9.91. The zero-order chi connectivity index (χ0) is 21.7. The number of methoxy groups -OCH3 is 2. The zero-order valence-corrected chi connectivity index (χ0v) is 17.8. The molecule has 2 N–H and O–H groups in total. The average molecular weight is 415 g/mol. The minimum Gasteiger partial charge on any atom is -0.497 e. The Morgan fingerprint density at radius 1 is 1.10 bits per heavy atom. The highest BCUT2D eigenvalue weighted by molar-refractivity contribution is 5.97. The van der Waals surface area contributed by atoms with Crippen molar-refractivity contribution in [2.75, 3.05) is 14.2 Å². The third kappa shape index (κ3) is 5.08. The molecule has 1 aromatic heterocycles. The van der Waals surface area contributed by atoms with Gasteiger partial charge in [-0.05, 0) is 51.7 Å². The Morgan fingerprint density at radius 3 is 2.47 bits per heavy atom. The Bertz CT molecular complexity index is 887. The SMILES string of the molecule is COc1ccc(C(=O)NC2CCC(n3cc(C(=O)NC(C)C)nn3)CC2)c(OC)c1. The topological polar surface area (TPSA) is 107 Å². The van der Waals surface area contributed by atoms with Crippen LogP contribution in [0.4, 0.5) is 0 Å². The number of ether oxygens (including phenoxy) is 2. The zero-order valence-electron chi connectivity index (χ0n) is 17.8. The van der Waals surface area contributed by atoms with Crippen LogP contribution >= 0.6 is 0 Å². The summed E-state index contributed by atoms with van der Waals surface area (Å²) in [6.45, 7) is 3.80. The summed E-state index contributed by atoms with van der Waals surface area (Å²) < 4.78 is 12.3. The van der Waals surface area contributed by atoms with E-state index in [0.717, 1.165) is 25.7 Å². The van der Waals surface area contributed by atoms with Gasteiger partial charge in [0.1, 0.15) is 11.5 Å². The van der Waals surface area contributed by atoms with Gasteiger partial charge in [-0.1, -0.05) is 5.21 Å². The fraction of sp³-hybridized carbons (Fsp3) is 0.524. The largest absolute Gasteiger partial charge is 0.497 e. The van der Waals surface area contributed by atoms with E-state index < -0.39 is 0 Å². The van der Waals surface area contributed by atoms with Crippen molar-refractivity contribution < 1.29 is 19.1 Å². The number of amides is 2. The van der Waals surface area contributed by atoms with Crippen molar-refractivity contribution in [1.29, 1.82) is 0 Å². The Labute approximate surface area is 176 Å². The van der Waals surface area contributed by atoms with Gasteiger partial charge < -0.3 is 20.1 Å². The number of hydrogen-bond acceptors (Lipinski definition) is 6.